The molecule has 0 heterocycles. The van der Waals surface area contributed by atoms with Crippen LogP contribution in [0, 0.1) is 0 Å². The molecule has 10 heteroatoms. The van der Waals surface area contributed by atoms with Gasteiger partial charge in [0.05, 0.1) is 6.42 Å². The van der Waals surface area contributed by atoms with Crippen LogP contribution in [-0.4, -0.2) is 34.7 Å². The van der Waals surface area contributed by atoms with Crippen LogP contribution in [0.15, 0.2) is 24.3 Å². The van der Waals surface area contributed by atoms with E-state index in [4.69, 9.17) is 5.11 Å². The van der Waals surface area contributed by atoms with Crippen molar-refractivity contribution >= 4 is 11.6 Å². The minimum absolute atomic E-state index is 0.309. The average molecular weight is 332 g/mol. The summed E-state index contributed by atoms with van der Waals surface area (Å²) in [6, 6.07) is 3.68. The van der Waals surface area contributed by atoms with Crippen LogP contribution in [0.25, 0.3) is 0 Å². The number of hydrogen-bond donors (Lipinski definition) is 1. The Balaban J connectivity index is 2.96. The number of ketones is 2. The maximum Gasteiger partial charge on any atom is 0.460 e. The minimum Gasteiger partial charge on any atom is -0.508 e. The molecule has 0 aliphatic carbocycles. The second-order valence-electron chi connectivity index (χ2n) is 4.22. The number of carbonyl (C=O) groups is 2. The highest BCUT2D eigenvalue weighted by molar-refractivity contribution is 6.10. The first-order valence-electron chi connectivity index (χ1n) is 5.48. The lowest BCUT2D eigenvalue weighted by Gasteiger charge is -2.26. The first kappa shape index (κ1) is 17.9. The number of Topliss-reactive ketones (excluding diaryl/α,β-unsaturated/α-hetero) is 2. The van der Waals surface area contributed by atoms with E-state index in [2.05, 4.69) is 0 Å². The molecule has 0 radical (unpaired) electrons. The largest absolute Gasteiger partial charge is 0.508 e. The van der Waals surface area contributed by atoms with Gasteiger partial charge < -0.3 is 5.11 Å². The van der Waals surface area contributed by atoms with Gasteiger partial charge in [0.2, 0.25) is 5.78 Å². The summed E-state index contributed by atoms with van der Waals surface area (Å²) in [5.74, 6) is -17.2. The van der Waals surface area contributed by atoms with Gasteiger partial charge in [-0.2, -0.15) is 30.7 Å². The van der Waals surface area contributed by atoms with Crippen molar-refractivity contribution < 1.29 is 45.4 Å². The van der Waals surface area contributed by atoms with Crippen LogP contribution in [0.4, 0.5) is 30.7 Å². The van der Waals surface area contributed by atoms with Crippen LogP contribution in [0.5, 0.6) is 5.75 Å². The lowest BCUT2D eigenvalue weighted by atomic mass is 9.99. The predicted molar refractivity (Wildman–Crippen MR) is 58.0 cm³/mol. The number of rotatable bonds is 5. The van der Waals surface area contributed by atoms with Gasteiger partial charge in [0, 0.05) is 5.56 Å². The topological polar surface area (TPSA) is 54.4 Å². The van der Waals surface area contributed by atoms with E-state index in [0.29, 0.717) is 0 Å². The van der Waals surface area contributed by atoms with Gasteiger partial charge in [-0.05, 0) is 24.3 Å². The van der Waals surface area contributed by atoms with Crippen molar-refractivity contribution in [1.29, 1.82) is 0 Å². The molecule has 0 saturated carbocycles. The summed E-state index contributed by atoms with van der Waals surface area (Å²) in [5, 5.41) is 8.92. The molecule has 0 aliphatic heterocycles. The summed E-state index contributed by atoms with van der Waals surface area (Å²) in [6.45, 7) is 0. The number of aromatic hydroxyl groups is 1. The van der Waals surface area contributed by atoms with Crippen LogP contribution in [-0.2, 0) is 4.79 Å². The van der Waals surface area contributed by atoms with E-state index in [1.54, 1.807) is 0 Å². The number of phenolic OH excluding ortho intramolecular Hbond substituents is 1. The first-order chi connectivity index (χ1) is 9.80. The Morgan fingerprint density at radius 3 is 1.77 bits per heavy atom. The SMILES string of the molecule is O=C(CC(=O)C(F)(F)C(F)(F)C(F)(F)F)c1ccc(O)cc1. The standard InChI is InChI=1S/C12H7F7O3/c13-10(14,11(15,16)12(17,18)19)9(22)5-8(21)6-1-3-7(20)4-2-6/h1-4,20H,5H2. The maximum atomic E-state index is 13.0. The van der Waals surface area contributed by atoms with E-state index in [9.17, 15) is 40.3 Å². The molecule has 0 atom stereocenters. The molecule has 0 amide bonds. The molecule has 1 rings (SSSR count). The van der Waals surface area contributed by atoms with Crippen molar-refractivity contribution in [2.24, 2.45) is 0 Å². The molecule has 22 heavy (non-hydrogen) atoms. The van der Waals surface area contributed by atoms with Gasteiger partial charge in [0.15, 0.2) is 5.78 Å². The summed E-state index contributed by atoms with van der Waals surface area (Å²) in [7, 11) is 0. The quantitative estimate of drug-likeness (QED) is 0.511. The molecule has 0 bridgehead atoms. The Morgan fingerprint density at radius 1 is 0.909 bits per heavy atom. The van der Waals surface area contributed by atoms with E-state index in [1.165, 1.54) is 0 Å². The summed E-state index contributed by atoms with van der Waals surface area (Å²) in [4.78, 5) is 22.4. The average Bonchev–Trinajstić information content (AvgIpc) is 2.37. The highest BCUT2D eigenvalue weighted by Crippen LogP contribution is 2.47. The summed E-state index contributed by atoms with van der Waals surface area (Å²) in [6.07, 6.45) is -8.49. The zero-order chi connectivity index (χ0) is 17.3. The Labute approximate surface area is 118 Å². The van der Waals surface area contributed by atoms with E-state index in [1.807, 2.05) is 0 Å². The van der Waals surface area contributed by atoms with Crippen LogP contribution in [0.1, 0.15) is 16.8 Å². The molecule has 3 nitrogen and oxygen atoms in total. The highest BCUT2D eigenvalue weighted by Gasteiger charge is 2.75. The number of alkyl halides is 7. The van der Waals surface area contributed by atoms with Crippen molar-refractivity contribution in [3.8, 4) is 5.75 Å². The number of carbonyl (C=O) groups excluding carboxylic acids is 2. The van der Waals surface area contributed by atoms with Crippen molar-refractivity contribution in [3.05, 3.63) is 29.8 Å². The normalized spacial score (nSPS) is 13.0. The zero-order valence-electron chi connectivity index (χ0n) is 10.4. The molecular formula is C12H7F7O3. The molecule has 0 spiro atoms. The minimum atomic E-state index is -6.65. The molecule has 1 N–H and O–H groups in total. The number of halogens is 7. The second kappa shape index (κ2) is 5.58. The molecular weight excluding hydrogens is 325 g/mol. The van der Waals surface area contributed by atoms with Gasteiger partial charge in [-0.25, -0.2) is 0 Å². The lowest BCUT2D eigenvalue weighted by Crippen LogP contribution is -2.56. The molecule has 0 aromatic heterocycles. The lowest BCUT2D eigenvalue weighted by molar-refractivity contribution is -0.343. The molecule has 0 saturated heterocycles. The van der Waals surface area contributed by atoms with Gasteiger partial charge in [0.25, 0.3) is 0 Å². The number of benzene rings is 1. The van der Waals surface area contributed by atoms with Crippen LogP contribution in [0.3, 0.4) is 0 Å². The fourth-order valence-corrected chi connectivity index (χ4v) is 1.36. The molecule has 1 aromatic rings. The van der Waals surface area contributed by atoms with Gasteiger partial charge in [-0.3, -0.25) is 9.59 Å². The smallest absolute Gasteiger partial charge is 0.460 e. The molecule has 0 fully saturated rings. The molecule has 1 aromatic carbocycles. The molecule has 0 aliphatic rings. The third kappa shape index (κ3) is 3.20. The van der Waals surface area contributed by atoms with Crippen LogP contribution in [0.2, 0.25) is 0 Å². The third-order valence-corrected chi connectivity index (χ3v) is 2.61. The van der Waals surface area contributed by atoms with E-state index in [0.717, 1.165) is 24.3 Å². The highest BCUT2D eigenvalue weighted by atomic mass is 19.4. The van der Waals surface area contributed by atoms with Crippen LogP contribution >= 0.6 is 0 Å². The Hall–Kier alpha value is -2.13. The summed E-state index contributed by atoms with van der Waals surface area (Å²) < 4.78 is 87.0. The molecule has 122 valence electrons. The second-order valence-corrected chi connectivity index (χ2v) is 4.22. The van der Waals surface area contributed by atoms with Crippen LogP contribution < -0.4 is 0 Å². The maximum absolute atomic E-state index is 13.0. The number of hydrogen-bond acceptors (Lipinski definition) is 3. The van der Waals surface area contributed by atoms with Crippen molar-refractivity contribution in [3.63, 3.8) is 0 Å². The predicted octanol–water partition coefficient (Wildman–Crippen LogP) is 3.37. The first-order valence-corrected chi connectivity index (χ1v) is 5.48. The van der Waals surface area contributed by atoms with Gasteiger partial charge in [0.1, 0.15) is 5.75 Å². The van der Waals surface area contributed by atoms with Crippen molar-refractivity contribution in [2.75, 3.05) is 0 Å². The van der Waals surface area contributed by atoms with Gasteiger partial charge in [-0.1, -0.05) is 0 Å². The Morgan fingerprint density at radius 2 is 1.36 bits per heavy atom. The van der Waals surface area contributed by atoms with Gasteiger partial charge in [-0.15, -0.1) is 0 Å². The third-order valence-electron chi connectivity index (χ3n) is 2.61. The Bertz CT molecular complexity index is 575. The fraction of sp³-hybridized carbons (Fsp3) is 0.333. The Kier molecular flexibility index (Phi) is 4.54. The monoisotopic (exact) mass is 332 g/mol. The van der Waals surface area contributed by atoms with E-state index in [-0.39, 0.29) is 5.75 Å². The van der Waals surface area contributed by atoms with E-state index >= 15 is 0 Å². The molecule has 0 unspecified atom stereocenters. The van der Waals surface area contributed by atoms with E-state index < -0.39 is 41.6 Å². The fourth-order valence-electron chi connectivity index (χ4n) is 1.36. The van der Waals surface area contributed by atoms with Gasteiger partial charge >= 0.3 is 18.0 Å². The zero-order valence-corrected chi connectivity index (χ0v) is 10.4. The van der Waals surface area contributed by atoms with Crippen molar-refractivity contribution in [1.82, 2.24) is 0 Å². The number of phenols is 1. The summed E-state index contributed by atoms with van der Waals surface area (Å²) in [5.41, 5.74) is -0.405. The van der Waals surface area contributed by atoms with Crippen molar-refractivity contribution in [2.45, 2.75) is 24.4 Å². The summed E-state index contributed by atoms with van der Waals surface area (Å²) >= 11 is 0.